The number of hydrogen-bond donors (Lipinski definition) is 1. The summed E-state index contributed by atoms with van der Waals surface area (Å²) in [5.41, 5.74) is 2.80. The van der Waals surface area contributed by atoms with Gasteiger partial charge in [0, 0.05) is 9.89 Å². The van der Waals surface area contributed by atoms with Crippen LogP contribution in [0.5, 0.6) is 0 Å². The van der Waals surface area contributed by atoms with Crippen LogP contribution >= 0.6 is 15.9 Å². The van der Waals surface area contributed by atoms with Crippen molar-refractivity contribution in [2.45, 2.75) is 25.2 Å². The van der Waals surface area contributed by atoms with Crippen LogP contribution in [0.15, 0.2) is 22.7 Å². The first-order valence-corrected chi connectivity index (χ1v) is 5.56. The number of rotatable bonds is 3. The highest BCUT2D eigenvalue weighted by Crippen LogP contribution is 2.50. The minimum Gasteiger partial charge on any atom is -0.304 e. The molecule has 0 unspecified atom stereocenters. The summed E-state index contributed by atoms with van der Waals surface area (Å²) in [6.07, 6.45) is 2.35. The molecule has 0 saturated heterocycles. The average Bonchev–Trinajstić information content (AvgIpc) is 2.91. The summed E-state index contributed by atoms with van der Waals surface area (Å²) in [6, 6.07) is 6.42. The van der Waals surface area contributed by atoms with Crippen molar-refractivity contribution in [3.8, 4) is 0 Å². The van der Waals surface area contributed by atoms with Crippen LogP contribution in [0.25, 0.3) is 0 Å². The normalized spacial score (nSPS) is 18.2. The fourth-order valence-electron chi connectivity index (χ4n) is 1.85. The molecule has 2 N–H and O–H groups in total. The highest BCUT2D eigenvalue weighted by Gasteiger charge is 2.45. The van der Waals surface area contributed by atoms with E-state index in [1.54, 1.807) is 0 Å². The van der Waals surface area contributed by atoms with E-state index in [0.29, 0.717) is 6.61 Å². The summed E-state index contributed by atoms with van der Waals surface area (Å²) in [5, 5.41) is 0. The van der Waals surface area contributed by atoms with E-state index in [-0.39, 0.29) is 5.41 Å². The molecule has 3 heteroatoms. The molecule has 0 aromatic heterocycles. The Morgan fingerprint density at radius 1 is 1.50 bits per heavy atom. The van der Waals surface area contributed by atoms with Gasteiger partial charge in [-0.05, 0) is 31.4 Å². The summed E-state index contributed by atoms with van der Waals surface area (Å²) in [5.74, 6) is 5.16. The van der Waals surface area contributed by atoms with E-state index < -0.39 is 0 Å². The monoisotopic (exact) mass is 255 g/mol. The van der Waals surface area contributed by atoms with Crippen LogP contribution in [0.1, 0.15) is 24.0 Å². The second kappa shape index (κ2) is 3.65. The van der Waals surface area contributed by atoms with Gasteiger partial charge in [0.2, 0.25) is 0 Å². The fraction of sp³-hybridized carbons (Fsp3) is 0.455. The van der Waals surface area contributed by atoms with Gasteiger partial charge in [0.1, 0.15) is 0 Å². The number of nitrogens with two attached hydrogens (primary N) is 1. The van der Waals surface area contributed by atoms with Crippen LogP contribution in [-0.2, 0) is 10.3 Å². The van der Waals surface area contributed by atoms with Crippen LogP contribution in [0.3, 0.4) is 0 Å². The lowest BCUT2D eigenvalue weighted by molar-refractivity contribution is 0.116. The van der Waals surface area contributed by atoms with Crippen molar-refractivity contribution in [2.24, 2.45) is 5.90 Å². The third-order valence-corrected chi connectivity index (χ3v) is 3.60. The van der Waals surface area contributed by atoms with E-state index in [9.17, 15) is 0 Å². The van der Waals surface area contributed by atoms with Gasteiger partial charge in [-0.2, -0.15) is 0 Å². The maximum atomic E-state index is 5.16. The molecule has 1 aliphatic rings. The van der Waals surface area contributed by atoms with Crippen LogP contribution in [0.4, 0.5) is 0 Å². The van der Waals surface area contributed by atoms with E-state index in [2.05, 4.69) is 41.1 Å². The minimum atomic E-state index is 0.180. The van der Waals surface area contributed by atoms with Gasteiger partial charge < -0.3 is 4.84 Å². The molecule has 1 saturated carbocycles. The molecule has 1 aliphatic carbocycles. The van der Waals surface area contributed by atoms with Gasteiger partial charge in [-0.25, -0.2) is 5.90 Å². The zero-order valence-corrected chi connectivity index (χ0v) is 9.80. The summed E-state index contributed by atoms with van der Waals surface area (Å²) in [6.45, 7) is 2.73. The van der Waals surface area contributed by atoms with Crippen LogP contribution in [0.2, 0.25) is 0 Å². The number of benzene rings is 1. The van der Waals surface area contributed by atoms with Crippen LogP contribution in [0, 0.1) is 6.92 Å². The van der Waals surface area contributed by atoms with E-state index in [4.69, 9.17) is 10.7 Å². The standard InChI is InChI=1S/C11H14BrNO/c1-8-2-3-10(12)9(6-8)11(4-5-11)7-14-13/h2-3,6H,4-5,7,13H2,1H3. The van der Waals surface area contributed by atoms with Crippen molar-refractivity contribution in [1.82, 2.24) is 0 Å². The molecule has 76 valence electrons. The number of halogens is 1. The Labute approximate surface area is 92.5 Å². The van der Waals surface area contributed by atoms with Crippen LogP contribution in [-0.4, -0.2) is 6.61 Å². The number of hydrogen-bond acceptors (Lipinski definition) is 2. The smallest absolute Gasteiger partial charge is 0.0776 e. The first-order chi connectivity index (χ1) is 6.68. The first kappa shape index (κ1) is 10.1. The molecule has 2 nitrogen and oxygen atoms in total. The Bertz CT molecular complexity index is 347. The highest BCUT2D eigenvalue weighted by atomic mass is 79.9. The SMILES string of the molecule is Cc1ccc(Br)c(C2(CON)CC2)c1. The molecule has 0 spiro atoms. The summed E-state index contributed by atoms with van der Waals surface area (Å²) in [4.78, 5) is 4.80. The maximum Gasteiger partial charge on any atom is 0.0776 e. The van der Waals surface area contributed by atoms with Gasteiger partial charge in [-0.15, -0.1) is 0 Å². The molecular weight excluding hydrogens is 242 g/mol. The second-order valence-electron chi connectivity index (χ2n) is 4.07. The topological polar surface area (TPSA) is 35.2 Å². The largest absolute Gasteiger partial charge is 0.304 e. The van der Waals surface area contributed by atoms with Crippen molar-refractivity contribution < 1.29 is 4.84 Å². The Kier molecular flexibility index (Phi) is 2.64. The lowest BCUT2D eigenvalue weighted by Gasteiger charge is -2.16. The van der Waals surface area contributed by atoms with Gasteiger partial charge in [0.25, 0.3) is 0 Å². The average molecular weight is 256 g/mol. The first-order valence-electron chi connectivity index (χ1n) is 4.76. The quantitative estimate of drug-likeness (QED) is 0.844. The molecule has 14 heavy (non-hydrogen) atoms. The Balaban J connectivity index is 2.35. The Morgan fingerprint density at radius 3 is 2.79 bits per heavy atom. The van der Waals surface area contributed by atoms with Gasteiger partial charge in [0.05, 0.1) is 6.61 Å². The van der Waals surface area contributed by atoms with Crippen molar-refractivity contribution in [3.05, 3.63) is 33.8 Å². The zero-order valence-electron chi connectivity index (χ0n) is 8.22. The Morgan fingerprint density at radius 2 is 2.21 bits per heavy atom. The predicted molar refractivity (Wildman–Crippen MR) is 59.9 cm³/mol. The molecule has 1 aromatic rings. The van der Waals surface area contributed by atoms with E-state index >= 15 is 0 Å². The third-order valence-electron chi connectivity index (χ3n) is 2.91. The summed E-state index contributed by atoms with van der Waals surface area (Å²) >= 11 is 3.58. The molecule has 0 heterocycles. The van der Waals surface area contributed by atoms with Crippen molar-refractivity contribution in [1.29, 1.82) is 0 Å². The van der Waals surface area contributed by atoms with Gasteiger partial charge in [0.15, 0.2) is 0 Å². The molecule has 0 atom stereocenters. The number of aryl methyl sites for hydroxylation is 1. The molecular formula is C11H14BrNO. The van der Waals surface area contributed by atoms with Crippen molar-refractivity contribution in [2.75, 3.05) is 6.61 Å². The molecule has 0 bridgehead atoms. The Hall–Kier alpha value is -0.380. The fourth-order valence-corrected chi connectivity index (χ4v) is 2.51. The van der Waals surface area contributed by atoms with Crippen molar-refractivity contribution in [3.63, 3.8) is 0 Å². The second-order valence-corrected chi connectivity index (χ2v) is 4.93. The lowest BCUT2D eigenvalue weighted by atomic mass is 9.95. The van der Waals surface area contributed by atoms with E-state index in [1.807, 2.05) is 0 Å². The molecule has 1 fully saturated rings. The van der Waals surface area contributed by atoms with E-state index in [0.717, 1.165) is 4.47 Å². The molecule has 1 aromatic carbocycles. The van der Waals surface area contributed by atoms with Crippen molar-refractivity contribution >= 4 is 15.9 Å². The zero-order chi connectivity index (χ0) is 10.2. The van der Waals surface area contributed by atoms with Gasteiger partial charge >= 0.3 is 0 Å². The van der Waals surface area contributed by atoms with Gasteiger partial charge in [-0.3, -0.25) is 0 Å². The predicted octanol–water partition coefficient (Wildman–Crippen LogP) is 2.68. The molecule has 2 rings (SSSR count). The minimum absolute atomic E-state index is 0.180. The summed E-state index contributed by atoms with van der Waals surface area (Å²) < 4.78 is 1.16. The molecule has 0 amide bonds. The van der Waals surface area contributed by atoms with E-state index in [1.165, 1.54) is 24.0 Å². The third kappa shape index (κ3) is 1.72. The van der Waals surface area contributed by atoms with Gasteiger partial charge in [-0.1, -0.05) is 33.6 Å². The lowest BCUT2D eigenvalue weighted by Crippen LogP contribution is -2.18. The maximum absolute atomic E-state index is 5.16. The van der Waals surface area contributed by atoms with Crippen LogP contribution < -0.4 is 5.90 Å². The summed E-state index contributed by atoms with van der Waals surface area (Å²) in [7, 11) is 0. The molecule has 0 aliphatic heterocycles. The highest BCUT2D eigenvalue weighted by molar-refractivity contribution is 9.10. The molecule has 0 radical (unpaired) electrons.